The highest BCUT2D eigenvalue weighted by molar-refractivity contribution is 9.10. The molecule has 0 saturated heterocycles. The Kier molecular flexibility index (Phi) is 8.36. The van der Waals surface area contributed by atoms with Gasteiger partial charge in [-0.05, 0) is 46.1 Å². The fraction of sp³-hybridized carbons (Fsp3) is 0.174. The quantitative estimate of drug-likeness (QED) is 0.259. The molecule has 13 heteroatoms. The van der Waals surface area contributed by atoms with Gasteiger partial charge in [-0.3, -0.25) is 9.71 Å². The Morgan fingerprint density at radius 2 is 1.61 bits per heavy atom. The summed E-state index contributed by atoms with van der Waals surface area (Å²) in [5.74, 6) is 0.268. The van der Waals surface area contributed by atoms with E-state index in [9.17, 15) is 8.42 Å². The van der Waals surface area contributed by atoms with Crippen LogP contribution in [0.5, 0.6) is 11.9 Å². The van der Waals surface area contributed by atoms with Crippen molar-refractivity contribution >= 4 is 32.0 Å². The molecule has 0 fully saturated rings. The number of anilines is 1. The minimum absolute atomic E-state index is 0.0724. The van der Waals surface area contributed by atoms with Crippen molar-refractivity contribution in [3.05, 3.63) is 83.1 Å². The van der Waals surface area contributed by atoms with E-state index in [1.54, 1.807) is 36.9 Å². The molecule has 4 aromatic rings. The van der Waals surface area contributed by atoms with E-state index in [-0.39, 0.29) is 37.5 Å². The Labute approximate surface area is 216 Å². The van der Waals surface area contributed by atoms with E-state index in [0.29, 0.717) is 11.1 Å². The zero-order valence-corrected chi connectivity index (χ0v) is 21.5. The van der Waals surface area contributed by atoms with Crippen LogP contribution in [0.4, 0.5) is 5.82 Å². The normalized spacial score (nSPS) is 11.2. The molecule has 3 heterocycles. The molecule has 0 aliphatic rings. The fourth-order valence-corrected chi connectivity index (χ4v) is 4.07. The van der Waals surface area contributed by atoms with E-state index in [0.717, 1.165) is 15.6 Å². The maximum absolute atomic E-state index is 12.8. The van der Waals surface area contributed by atoms with Crippen LogP contribution in [0, 0.1) is 6.92 Å². The molecule has 11 nitrogen and oxygen atoms in total. The van der Waals surface area contributed by atoms with Crippen molar-refractivity contribution < 1.29 is 17.9 Å². The van der Waals surface area contributed by atoms with Gasteiger partial charge in [-0.15, -0.1) is 0 Å². The van der Waals surface area contributed by atoms with Crippen LogP contribution in [-0.4, -0.2) is 46.6 Å². The topological polar surface area (TPSA) is 141 Å². The second-order valence-corrected chi connectivity index (χ2v) is 9.85. The summed E-state index contributed by atoms with van der Waals surface area (Å²) in [6.07, 6.45) is 7.56. The van der Waals surface area contributed by atoms with Gasteiger partial charge in [0.25, 0.3) is 0 Å². The van der Waals surface area contributed by atoms with Crippen LogP contribution in [0.1, 0.15) is 11.1 Å². The average Bonchev–Trinajstić information content (AvgIpc) is 2.88. The molecule has 0 amide bonds. The molecule has 3 aromatic heterocycles. The predicted molar refractivity (Wildman–Crippen MR) is 137 cm³/mol. The standard InChI is InChI=1S/C23H22BrN7O4S/c1-16-2-4-18(5-3-16)20-21(31-36(32,33)30-12-17-6-8-25-9-7-17)28-15-29-22(20)34-10-11-35-23-26-13-19(24)14-27-23/h2-9,13-15,30H,10-12H2,1H3,(H,28,29,31). The molecule has 1 aromatic carbocycles. The van der Waals surface area contributed by atoms with E-state index in [4.69, 9.17) is 9.47 Å². The lowest BCUT2D eigenvalue weighted by atomic mass is 10.1. The predicted octanol–water partition coefficient (Wildman–Crippen LogP) is 3.30. The molecule has 0 saturated carbocycles. The van der Waals surface area contributed by atoms with Gasteiger partial charge < -0.3 is 9.47 Å². The Hall–Kier alpha value is -3.68. The molecule has 0 bridgehead atoms. The highest BCUT2D eigenvalue weighted by Crippen LogP contribution is 2.34. The van der Waals surface area contributed by atoms with Crippen molar-refractivity contribution in [3.63, 3.8) is 0 Å². The first-order valence-corrected chi connectivity index (χ1v) is 13.0. The third-order valence-electron chi connectivity index (χ3n) is 4.75. The molecule has 0 aliphatic heterocycles. The molecule has 0 spiro atoms. The fourth-order valence-electron chi connectivity index (χ4n) is 3.03. The first kappa shape index (κ1) is 25.4. The number of halogens is 1. The van der Waals surface area contributed by atoms with Crippen molar-refractivity contribution in [2.24, 2.45) is 0 Å². The molecule has 0 unspecified atom stereocenters. The lowest BCUT2D eigenvalue weighted by Gasteiger charge is -2.16. The molecule has 36 heavy (non-hydrogen) atoms. The molecule has 186 valence electrons. The Balaban J connectivity index is 1.52. The smallest absolute Gasteiger partial charge is 0.316 e. The second-order valence-electron chi connectivity index (χ2n) is 7.43. The van der Waals surface area contributed by atoms with Gasteiger partial charge in [0.15, 0.2) is 5.82 Å². The molecular formula is C23H22BrN7O4S. The number of pyridine rings is 1. The van der Waals surface area contributed by atoms with Crippen LogP contribution in [0.15, 0.2) is 72.0 Å². The molecule has 0 atom stereocenters. The summed E-state index contributed by atoms with van der Waals surface area (Å²) in [5, 5.41) is 0. The molecule has 0 aliphatic carbocycles. The molecule has 2 N–H and O–H groups in total. The monoisotopic (exact) mass is 571 g/mol. The molecule has 0 radical (unpaired) electrons. The third-order valence-corrected chi connectivity index (χ3v) is 6.15. The van der Waals surface area contributed by atoms with Crippen LogP contribution in [0.25, 0.3) is 11.1 Å². The van der Waals surface area contributed by atoms with Gasteiger partial charge in [0.1, 0.15) is 19.5 Å². The van der Waals surface area contributed by atoms with Crippen LogP contribution < -0.4 is 18.9 Å². The zero-order valence-electron chi connectivity index (χ0n) is 19.1. The largest absolute Gasteiger partial charge is 0.473 e. The Morgan fingerprint density at radius 1 is 0.917 bits per heavy atom. The number of hydrogen-bond acceptors (Lipinski definition) is 9. The van der Waals surface area contributed by atoms with Crippen molar-refractivity contribution in [1.29, 1.82) is 0 Å². The number of aryl methyl sites for hydroxylation is 1. The van der Waals surface area contributed by atoms with Crippen LogP contribution >= 0.6 is 15.9 Å². The number of nitrogens with one attached hydrogen (secondary N) is 2. The maximum atomic E-state index is 12.8. The first-order valence-electron chi connectivity index (χ1n) is 10.7. The maximum Gasteiger partial charge on any atom is 0.316 e. The van der Waals surface area contributed by atoms with Crippen LogP contribution in [0.2, 0.25) is 0 Å². The van der Waals surface area contributed by atoms with Crippen molar-refractivity contribution in [2.75, 3.05) is 17.9 Å². The lowest BCUT2D eigenvalue weighted by Crippen LogP contribution is -2.30. The third kappa shape index (κ3) is 7.16. The number of aromatic nitrogens is 5. The lowest BCUT2D eigenvalue weighted by molar-refractivity contribution is 0.202. The van der Waals surface area contributed by atoms with Gasteiger partial charge in [-0.25, -0.2) is 19.9 Å². The van der Waals surface area contributed by atoms with E-state index in [1.807, 2.05) is 31.2 Å². The number of hydrogen-bond donors (Lipinski definition) is 2. The average molecular weight is 572 g/mol. The minimum atomic E-state index is -3.96. The minimum Gasteiger partial charge on any atom is -0.473 e. The highest BCUT2D eigenvalue weighted by Gasteiger charge is 2.20. The van der Waals surface area contributed by atoms with Crippen molar-refractivity contribution in [2.45, 2.75) is 13.5 Å². The SMILES string of the molecule is Cc1ccc(-c2c(NS(=O)(=O)NCc3ccncc3)ncnc2OCCOc2ncc(Br)cn2)cc1. The number of ether oxygens (including phenoxy) is 2. The van der Waals surface area contributed by atoms with Gasteiger partial charge in [0, 0.05) is 31.3 Å². The second kappa shape index (κ2) is 11.8. The summed E-state index contributed by atoms with van der Waals surface area (Å²) in [7, 11) is -3.96. The van der Waals surface area contributed by atoms with Gasteiger partial charge in [0.2, 0.25) is 5.88 Å². The summed E-state index contributed by atoms with van der Waals surface area (Å²) in [6.45, 7) is 2.30. The number of nitrogens with zero attached hydrogens (tertiary/aromatic N) is 5. The van der Waals surface area contributed by atoms with Crippen LogP contribution in [-0.2, 0) is 16.8 Å². The number of benzene rings is 1. The van der Waals surface area contributed by atoms with Crippen molar-refractivity contribution in [3.8, 4) is 23.0 Å². The highest BCUT2D eigenvalue weighted by atomic mass is 79.9. The molecule has 4 rings (SSSR count). The summed E-state index contributed by atoms with van der Waals surface area (Å²) >= 11 is 3.27. The van der Waals surface area contributed by atoms with E-state index in [1.165, 1.54) is 6.33 Å². The Bertz CT molecular complexity index is 1390. The summed E-state index contributed by atoms with van der Waals surface area (Å²) in [4.78, 5) is 20.4. The van der Waals surface area contributed by atoms with Gasteiger partial charge in [0.05, 0.1) is 10.0 Å². The van der Waals surface area contributed by atoms with Gasteiger partial charge in [-0.2, -0.15) is 13.1 Å². The van der Waals surface area contributed by atoms with E-state index in [2.05, 4.69) is 50.3 Å². The number of rotatable bonds is 11. The van der Waals surface area contributed by atoms with Crippen LogP contribution in [0.3, 0.4) is 0 Å². The van der Waals surface area contributed by atoms with Gasteiger partial charge in [-0.1, -0.05) is 29.8 Å². The summed E-state index contributed by atoms with van der Waals surface area (Å²) in [5.41, 5.74) is 2.88. The first-order chi connectivity index (χ1) is 17.4. The van der Waals surface area contributed by atoms with Gasteiger partial charge >= 0.3 is 16.2 Å². The van der Waals surface area contributed by atoms with E-state index >= 15 is 0 Å². The summed E-state index contributed by atoms with van der Waals surface area (Å²) < 4.78 is 42.6. The van der Waals surface area contributed by atoms with E-state index < -0.39 is 10.2 Å². The molecular weight excluding hydrogens is 550 g/mol. The Morgan fingerprint density at radius 3 is 2.33 bits per heavy atom. The summed E-state index contributed by atoms with van der Waals surface area (Å²) in [6, 6.07) is 11.1. The zero-order chi connectivity index (χ0) is 25.4. The van der Waals surface area contributed by atoms with Crippen molar-refractivity contribution in [1.82, 2.24) is 29.6 Å².